The van der Waals surface area contributed by atoms with E-state index in [0.717, 1.165) is 26.0 Å². The Balaban J connectivity index is 2.05. The first-order chi connectivity index (χ1) is 17.0. The molecule has 0 saturated heterocycles. The van der Waals surface area contributed by atoms with Gasteiger partial charge in [-0.25, -0.2) is 12.8 Å². The highest BCUT2D eigenvalue weighted by molar-refractivity contribution is 9.10. The number of anilines is 1. The molecule has 0 saturated carbocycles. The molecule has 7 nitrogen and oxygen atoms in total. The molecule has 0 radical (unpaired) electrons. The maximum atomic E-state index is 14.8. The van der Waals surface area contributed by atoms with Gasteiger partial charge >= 0.3 is 0 Å². The Morgan fingerprint density at radius 1 is 1.03 bits per heavy atom. The molecule has 3 rings (SSSR count). The van der Waals surface area contributed by atoms with Gasteiger partial charge in [0.2, 0.25) is 11.8 Å². The summed E-state index contributed by atoms with van der Waals surface area (Å²) in [6.07, 6.45) is 0. The zero-order valence-corrected chi connectivity index (χ0v) is 22.5. The van der Waals surface area contributed by atoms with E-state index in [4.69, 9.17) is 0 Å². The summed E-state index contributed by atoms with van der Waals surface area (Å²) in [5, 5.41) is 2.52. The second-order valence-corrected chi connectivity index (χ2v) is 11.0. The molecule has 10 heteroatoms. The molecule has 36 heavy (non-hydrogen) atoms. The Morgan fingerprint density at radius 3 is 2.31 bits per heavy atom. The molecule has 0 fully saturated rings. The molecule has 0 aliphatic carbocycles. The quantitative estimate of drug-likeness (QED) is 0.413. The van der Waals surface area contributed by atoms with E-state index in [1.807, 2.05) is 13.0 Å². The number of carbonyl (C=O) groups excluding carboxylic acids is 2. The normalized spacial score (nSPS) is 12.0. The van der Waals surface area contributed by atoms with E-state index in [0.29, 0.717) is 0 Å². The summed E-state index contributed by atoms with van der Waals surface area (Å²) in [5.74, 6) is -1.87. The van der Waals surface area contributed by atoms with Crippen LogP contribution in [-0.2, 0) is 26.2 Å². The van der Waals surface area contributed by atoms with Gasteiger partial charge in [-0.15, -0.1) is 0 Å². The van der Waals surface area contributed by atoms with Gasteiger partial charge in [-0.2, -0.15) is 0 Å². The number of likely N-dealkylation sites (N-methyl/N-ethyl adjacent to an activating group) is 1. The summed E-state index contributed by atoms with van der Waals surface area (Å²) in [7, 11) is -2.86. The van der Waals surface area contributed by atoms with Crippen LogP contribution in [0.1, 0.15) is 18.1 Å². The van der Waals surface area contributed by atoms with Gasteiger partial charge < -0.3 is 10.2 Å². The summed E-state index contributed by atoms with van der Waals surface area (Å²) in [4.78, 5) is 27.3. The van der Waals surface area contributed by atoms with Crippen molar-refractivity contribution in [1.29, 1.82) is 0 Å². The van der Waals surface area contributed by atoms with E-state index >= 15 is 0 Å². The van der Waals surface area contributed by atoms with E-state index in [1.54, 1.807) is 37.3 Å². The largest absolute Gasteiger partial charge is 0.357 e. The van der Waals surface area contributed by atoms with Crippen molar-refractivity contribution in [3.63, 3.8) is 0 Å². The zero-order valence-electron chi connectivity index (χ0n) is 20.1. The maximum absolute atomic E-state index is 14.8. The molecule has 0 aliphatic heterocycles. The Labute approximate surface area is 219 Å². The molecule has 3 aromatic rings. The topological polar surface area (TPSA) is 86.8 Å². The number of aryl methyl sites for hydroxylation is 1. The highest BCUT2D eigenvalue weighted by Gasteiger charge is 2.33. The van der Waals surface area contributed by atoms with Crippen LogP contribution in [0.4, 0.5) is 10.1 Å². The van der Waals surface area contributed by atoms with Crippen molar-refractivity contribution in [1.82, 2.24) is 10.2 Å². The first-order valence-electron chi connectivity index (χ1n) is 11.1. The van der Waals surface area contributed by atoms with Gasteiger partial charge in [-0.1, -0.05) is 57.9 Å². The highest BCUT2D eigenvalue weighted by atomic mass is 79.9. The summed E-state index contributed by atoms with van der Waals surface area (Å²) < 4.78 is 43.6. The smallest absolute Gasteiger partial charge is 0.264 e. The summed E-state index contributed by atoms with van der Waals surface area (Å²) in [6, 6.07) is 17.7. The van der Waals surface area contributed by atoms with Gasteiger partial charge in [-0.05, 0) is 55.8 Å². The summed E-state index contributed by atoms with van der Waals surface area (Å²) in [5.41, 5.74) is 1.32. The third-order valence-corrected chi connectivity index (χ3v) is 7.93. The third kappa shape index (κ3) is 6.30. The lowest BCUT2D eigenvalue weighted by molar-refractivity contribution is -0.139. The standard InChI is InChI=1S/C26H27BrFN3O4S/c1-18-11-13-22(14-12-18)36(34,35)31(24-10-5-4-9-23(24)28)17-25(32)30(19(2)26(33)29-3)16-20-7-6-8-21(27)15-20/h4-15,19H,16-17H2,1-3H3,(H,29,33)/t19-/m1/s1. The molecule has 2 amide bonds. The number of rotatable bonds is 9. The Kier molecular flexibility index (Phi) is 8.86. The number of nitrogens with zero attached hydrogens (tertiary/aromatic N) is 2. The maximum Gasteiger partial charge on any atom is 0.264 e. The van der Waals surface area contributed by atoms with Crippen LogP contribution >= 0.6 is 15.9 Å². The number of hydrogen-bond donors (Lipinski definition) is 1. The van der Waals surface area contributed by atoms with Crippen molar-refractivity contribution < 1.29 is 22.4 Å². The van der Waals surface area contributed by atoms with Gasteiger partial charge in [0.25, 0.3) is 10.0 Å². The molecule has 1 N–H and O–H groups in total. The van der Waals surface area contributed by atoms with E-state index in [1.165, 1.54) is 42.3 Å². The second kappa shape index (κ2) is 11.7. The molecule has 0 aliphatic rings. The minimum atomic E-state index is -4.32. The Morgan fingerprint density at radius 2 is 1.69 bits per heavy atom. The van der Waals surface area contributed by atoms with Crippen molar-refractivity contribution in [3.8, 4) is 0 Å². The number of para-hydroxylation sites is 1. The SMILES string of the molecule is CNC(=O)[C@@H](C)N(Cc1cccc(Br)c1)C(=O)CN(c1ccccc1F)S(=O)(=O)c1ccc(C)cc1. The fourth-order valence-electron chi connectivity index (χ4n) is 3.63. The predicted octanol–water partition coefficient (Wildman–Crippen LogP) is 4.26. The first-order valence-corrected chi connectivity index (χ1v) is 13.4. The number of halogens is 2. The van der Waals surface area contributed by atoms with Gasteiger partial charge in [0.1, 0.15) is 18.4 Å². The van der Waals surface area contributed by atoms with Crippen LogP contribution in [0.15, 0.2) is 82.2 Å². The second-order valence-electron chi connectivity index (χ2n) is 8.22. The molecule has 0 bridgehead atoms. The molecule has 0 aromatic heterocycles. The van der Waals surface area contributed by atoms with E-state index in [9.17, 15) is 22.4 Å². The van der Waals surface area contributed by atoms with Crippen molar-refractivity contribution >= 4 is 43.5 Å². The average Bonchev–Trinajstić information content (AvgIpc) is 2.85. The number of hydrogen-bond acceptors (Lipinski definition) is 4. The molecule has 0 spiro atoms. The predicted molar refractivity (Wildman–Crippen MR) is 140 cm³/mol. The third-order valence-electron chi connectivity index (χ3n) is 5.66. The minimum absolute atomic E-state index is 0.0442. The van der Waals surface area contributed by atoms with Gasteiger partial charge in [0.05, 0.1) is 10.6 Å². The number of carbonyl (C=O) groups is 2. The van der Waals surface area contributed by atoms with Crippen LogP contribution < -0.4 is 9.62 Å². The minimum Gasteiger partial charge on any atom is -0.357 e. The average molecular weight is 576 g/mol. The van der Waals surface area contributed by atoms with Gasteiger partial charge in [-0.3, -0.25) is 13.9 Å². The molecule has 190 valence electrons. The lowest BCUT2D eigenvalue weighted by atomic mass is 10.1. The van der Waals surface area contributed by atoms with Crippen molar-refractivity contribution in [3.05, 3.63) is 94.2 Å². The summed E-state index contributed by atoms with van der Waals surface area (Å²) in [6.45, 7) is 2.71. The van der Waals surface area contributed by atoms with Gasteiger partial charge in [0, 0.05) is 18.1 Å². The van der Waals surface area contributed by atoms with Crippen molar-refractivity contribution in [2.75, 3.05) is 17.9 Å². The van der Waals surface area contributed by atoms with Crippen molar-refractivity contribution in [2.45, 2.75) is 31.3 Å². The number of amides is 2. The monoisotopic (exact) mass is 575 g/mol. The van der Waals surface area contributed by atoms with E-state index in [2.05, 4.69) is 21.2 Å². The van der Waals surface area contributed by atoms with E-state index < -0.39 is 40.2 Å². The molecule has 1 atom stereocenters. The fraction of sp³-hybridized carbons (Fsp3) is 0.231. The van der Waals surface area contributed by atoms with E-state index in [-0.39, 0.29) is 17.1 Å². The number of nitrogens with one attached hydrogen (secondary N) is 1. The van der Waals surface area contributed by atoms with Crippen LogP contribution in [0, 0.1) is 12.7 Å². The lowest BCUT2D eigenvalue weighted by Crippen LogP contribution is -2.50. The van der Waals surface area contributed by atoms with Gasteiger partial charge in [0.15, 0.2) is 0 Å². The molecule has 3 aromatic carbocycles. The zero-order chi connectivity index (χ0) is 26.5. The lowest BCUT2D eigenvalue weighted by Gasteiger charge is -2.32. The van der Waals surface area contributed by atoms with Crippen molar-refractivity contribution in [2.24, 2.45) is 0 Å². The first kappa shape index (κ1) is 27.3. The molecule has 0 unspecified atom stereocenters. The Hall–Kier alpha value is -3.24. The molecule has 0 heterocycles. The van der Waals surface area contributed by atoms with Crippen LogP contribution in [0.5, 0.6) is 0 Å². The fourth-order valence-corrected chi connectivity index (χ4v) is 5.50. The van der Waals surface area contributed by atoms with Crippen LogP contribution in [0.3, 0.4) is 0 Å². The van der Waals surface area contributed by atoms with Crippen LogP contribution in [0.25, 0.3) is 0 Å². The molecular formula is C26H27BrFN3O4S. The molecular weight excluding hydrogens is 549 g/mol. The van der Waals surface area contributed by atoms with Crippen LogP contribution in [0.2, 0.25) is 0 Å². The number of benzene rings is 3. The van der Waals surface area contributed by atoms with Crippen LogP contribution in [-0.4, -0.2) is 44.8 Å². The summed E-state index contributed by atoms with van der Waals surface area (Å²) >= 11 is 3.39. The highest BCUT2D eigenvalue weighted by Crippen LogP contribution is 2.27. The number of sulfonamides is 1. The Bertz CT molecular complexity index is 1350.